The van der Waals surface area contributed by atoms with Gasteiger partial charge in [0.2, 0.25) is 0 Å². The second-order valence-electron chi connectivity index (χ2n) is 10.8. The minimum atomic E-state index is -4.82. The molecule has 2 amide bonds. The highest BCUT2D eigenvalue weighted by molar-refractivity contribution is 6.02. The average molecular weight is 678 g/mol. The first-order valence-corrected chi connectivity index (χ1v) is 14.6. The SMILES string of the molecule is Cc1c(C(=O)N2CCN(Cc3ccc(OC(F)C(F)F)cc3)CC2)nnn1Cc1ccc(C(=O)Nc2ccc(OC(F)(F)F)cc2)nc1. The molecular formula is C31H29F6N7O4. The van der Waals surface area contributed by atoms with E-state index in [0.29, 0.717) is 44.0 Å². The second-order valence-corrected chi connectivity index (χ2v) is 10.8. The molecule has 0 saturated carbocycles. The summed E-state index contributed by atoms with van der Waals surface area (Å²) in [5, 5.41) is 10.8. The summed E-state index contributed by atoms with van der Waals surface area (Å²) >= 11 is 0. The number of anilines is 1. The molecule has 0 bridgehead atoms. The van der Waals surface area contributed by atoms with Gasteiger partial charge in [0.05, 0.1) is 12.2 Å². The van der Waals surface area contributed by atoms with Gasteiger partial charge in [-0.05, 0) is 60.5 Å². The summed E-state index contributed by atoms with van der Waals surface area (Å²) < 4.78 is 84.8. The largest absolute Gasteiger partial charge is 0.573 e. The number of nitrogens with zero attached hydrogens (tertiary/aromatic N) is 6. The summed E-state index contributed by atoms with van der Waals surface area (Å²) in [5.74, 6) is -1.24. The Kier molecular flexibility index (Phi) is 10.5. The fourth-order valence-corrected chi connectivity index (χ4v) is 4.84. The first-order valence-electron chi connectivity index (χ1n) is 14.6. The number of ether oxygens (including phenoxy) is 2. The molecule has 2 aromatic heterocycles. The molecule has 1 saturated heterocycles. The van der Waals surface area contributed by atoms with E-state index in [-0.39, 0.29) is 35.3 Å². The van der Waals surface area contributed by atoms with E-state index in [9.17, 15) is 35.9 Å². The molecule has 5 rings (SSSR count). The molecule has 2 aromatic carbocycles. The smallest absolute Gasteiger partial charge is 0.454 e. The molecule has 1 aliphatic rings. The molecule has 4 aromatic rings. The number of aromatic nitrogens is 4. The third kappa shape index (κ3) is 8.99. The number of hydrogen-bond acceptors (Lipinski definition) is 8. The van der Waals surface area contributed by atoms with Crippen LogP contribution in [-0.4, -0.2) is 86.9 Å². The lowest BCUT2D eigenvalue weighted by atomic mass is 10.2. The predicted molar refractivity (Wildman–Crippen MR) is 158 cm³/mol. The standard InChI is InChI=1S/C31H29F6N7O4/c1-19-26(30(46)43-14-12-42(13-15-43)17-20-2-7-23(8-3-20)47-28(34)27(32)33)40-41-44(19)18-21-4-11-25(38-16-21)29(45)39-22-5-9-24(10-6-22)48-31(35,36)37/h2-11,16,27-28H,12-15,17-18H2,1H3,(H,39,45). The molecule has 0 spiro atoms. The van der Waals surface area contributed by atoms with Gasteiger partial charge in [-0.15, -0.1) is 18.3 Å². The van der Waals surface area contributed by atoms with Crippen LogP contribution in [0.5, 0.6) is 11.5 Å². The van der Waals surface area contributed by atoms with Crippen LogP contribution in [0.15, 0.2) is 66.9 Å². The number of benzene rings is 2. The maximum Gasteiger partial charge on any atom is 0.573 e. The molecule has 1 atom stereocenters. The Balaban J connectivity index is 1.10. The zero-order valence-corrected chi connectivity index (χ0v) is 25.3. The number of carbonyl (C=O) groups is 2. The molecule has 48 heavy (non-hydrogen) atoms. The van der Waals surface area contributed by atoms with E-state index in [1.807, 2.05) is 0 Å². The van der Waals surface area contributed by atoms with Gasteiger partial charge in [-0.2, -0.15) is 4.39 Å². The third-order valence-corrected chi connectivity index (χ3v) is 7.36. The van der Waals surface area contributed by atoms with E-state index < -0.39 is 30.8 Å². The number of amides is 2. The minimum absolute atomic E-state index is 0.00914. The predicted octanol–water partition coefficient (Wildman–Crippen LogP) is 5.08. The summed E-state index contributed by atoms with van der Waals surface area (Å²) in [6, 6.07) is 14.1. The molecule has 3 heterocycles. The Bertz CT molecular complexity index is 1690. The summed E-state index contributed by atoms with van der Waals surface area (Å²) in [5.41, 5.74) is 2.65. The summed E-state index contributed by atoms with van der Waals surface area (Å²) in [6.07, 6.45) is -9.27. The zero-order valence-electron chi connectivity index (χ0n) is 25.3. The van der Waals surface area contributed by atoms with Gasteiger partial charge < -0.3 is 19.7 Å². The normalized spacial score (nSPS) is 14.5. The molecule has 11 nitrogen and oxygen atoms in total. The van der Waals surface area contributed by atoms with Gasteiger partial charge in [0.25, 0.3) is 18.2 Å². The van der Waals surface area contributed by atoms with Crippen molar-refractivity contribution in [1.82, 2.24) is 29.8 Å². The van der Waals surface area contributed by atoms with Crippen molar-refractivity contribution in [3.63, 3.8) is 0 Å². The Hall–Kier alpha value is -5.19. The molecular weight excluding hydrogens is 648 g/mol. The topological polar surface area (TPSA) is 115 Å². The molecule has 0 radical (unpaired) electrons. The fourth-order valence-electron chi connectivity index (χ4n) is 4.84. The highest BCUT2D eigenvalue weighted by atomic mass is 19.4. The lowest BCUT2D eigenvalue weighted by Crippen LogP contribution is -2.48. The van der Waals surface area contributed by atoms with Crippen molar-refractivity contribution in [2.45, 2.75) is 39.2 Å². The van der Waals surface area contributed by atoms with Crippen molar-refractivity contribution in [3.8, 4) is 11.5 Å². The van der Waals surface area contributed by atoms with Crippen LogP contribution in [0.3, 0.4) is 0 Å². The van der Waals surface area contributed by atoms with Gasteiger partial charge in [0, 0.05) is 44.6 Å². The highest BCUT2D eigenvalue weighted by Gasteiger charge is 2.31. The maximum absolute atomic E-state index is 13.3. The first kappa shape index (κ1) is 34.2. The van der Waals surface area contributed by atoms with Crippen molar-refractivity contribution in [1.29, 1.82) is 0 Å². The molecule has 1 N–H and O–H groups in total. The van der Waals surface area contributed by atoms with Gasteiger partial charge in [0.15, 0.2) is 5.69 Å². The number of piperazine rings is 1. The molecule has 0 aliphatic carbocycles. The number of pyridine rings is 1. The quantitative estimate of drug-likeness (QED) is 0.219. The molecule has 1 unspecified atom stereocenters. The summed E-state index contributed by atoms with van der Waals surface area (Å²) in [4.78, 5) is 33.8. The number of carbonyl (C=O) groups excluding carboxylic acids is 2. The Labute approximate surface area is 270 Å². The van der Waals surface area contributed by atoms with Gasteiger partial charge >= 0.3 is 12.8 Å². The number of nitrogens with one attached hydrogen (secondary N) is 1. The number of alkyl halides is 6. The second kappa shape index (κ2) is 14.7. The third-order valence-electron chi connectivity index (χ3n) is 7.36. The molecule has 1 fully saturated rings. The maximum atomic E-state index is 13.3. The summed E-state index contributed by atoms with van der Waals surface area (Å²) in [7, 11) is 0. The van der Waals surface area contributed by atoms with Crippen LogP contribution in [0.4, 0.5) is 32.0 Å². The highest BCUT2D eigenvalue weighted by Crippen LogP contribution is 2.24. The zero-order chi connectivity index (χ0) is 34.4. The van der Waals surface area contributed by atoms with Crippen molar-refractivity contribution in [3.05, 3.63) is 95.1 Å². The van der Waals surface area contributed by atoms with Gasteiger partial charge in [-0.1, -0.05) is 23.4 Å². The van der Waals surface area contributed by atoms with Crippen LogP contribution < -0.4 is 14.8 Å². The molecule has 1 aliphatic heterocycles. The van der Waals surface area contributed by atoms with Crippen molar-refractivity contribution in [2.24, 2.45) is 0 Å². The number of halogens is 6. The fraction of sp³-hybridized carbons (Fsp3) is 0.323. The van der Waals surface area contributed by atoms with E-state index in [1.165, 1.54) is 36.5 Å². The Morgan fingerprint density at radius 3 is 2.12 bits per heavy atom. The van der Waals surface area contributed by atoms with E-state index in [4.69, 9.17) is 0 Å². The van der Waals surface area contributed by atoms with Crippen LogP contribution in [0, 0.1) is 6.92 Å². The van der Waals surface area contributed by atoms with Crippen LogP contribution in [0.25, 0.3) is 0 Å². The van der Waals surface area contributed by atoms with Crippen molar-refractivity contribution in [2.75, 3.05) is 31.5 Å². The Morgan fingerprint density at radius 1 is 0.875 bits per heavy atom. The van der Waals surface area contributed by atoms with E-state index >= 15 is 0 Å². The van der Waals surface area contributed by atoms with Crippen LogP contribution in [-0.2, 0) is 13.1 Å². The van der Waals surface area contributed by atoms with Crippen LogP contribution in [0.2, 0.25) is 0 Å². The number of rotatable bonds is 11. The van der Waals surface area contributed by atoms with Crippen molar-refractivity contribution < 1.29 is 45.4 Å². The number of hydrogen-bond donors (Lipinski definition) is 1. The monoisotopic (exact) mass is 677 g/mol. The lowest BCUT2D eigenvalue weighted by molar-refractivity contribution is -0.274. The van der Waals surface area contributed by atoms with E-state index in [1.54, 1.807) is 34.7 Å². The first-order chi connectivity index (χ1) is 22.8. The van der Waals surface area contributed by atoms with Crippen LogP contribution >= 0.6 is 0 Å². The van der Waals surface area contributed by atoms with Crippen molar-refractivity contribution >= 4 is 17.5 Å². The van der Waals surface area contributed by atoms with Gasteiger partial charge in [0.1, 0.15) is 17.2 Å². The van der Waals surface area contributed by atoms with E-state index in [0.717, 1.165) is 17.7 Å². The Morgan fingerprint density at radius 2 is 1.52 bits per heavy atom. The minimum Gasteiger partial charge on any atom is -0.454 e. The molecule has 254 valence electrons. The molecule has 17 heteroatoms. The van der Waals surface area contributed by atoms with E-state index in [2.05, 4.69) is 35.0 Å². The lowest BCUT2D eigenvalue weighted by Gasteiger charge is -2.34. The van der Waals surface area contributed by atoms with Crippen LogP contribution in [0.1, 0.15) is 37.8 Å². The summed E-state index contributed by atoms with van der Waals surface area (Å²) in [6.45, 7) is 4.56. The van der Waals surface area contributed by atoms with Gasteiger partial charge in [-0.3, -0.25) is 19.5 Å². The van der Waals surface area contributed by atoms with Gasteiger partial charge in [-0.25, -0.2) is 13.5 Å². The average Bonchev–Trinajstić information content (AvgIpc) is 3.41.